The third kappa shape index (κ3) is 2.38. The van der Waals surface area contributed by atoms with Crippen molar-refractivity contribution in [1.29, 1.82) is 0 Å². The molecule has 0 aromatic heterocycles. The summed E-state index contributed by atoms with van der Waals surface area (Å²) in [7, 11) is 0. The molecule has 1 aromatic carbocycles. The van der Waals surface area contributed by atoms with E-state index in [0.29, 0.717) is 18.3 Å². The number of hydrogen-bond donors (Lipinski definition) is 0. The quantitative estimate of drug-likeness (QED) is 0.775. The zero-order chi connectivity index (χ0) is 9.97. The van der Waals surface area contributed by atoms with E-state index in [2.05, 4.69) is 22.6 Å². The van der Waals surface area contributed by atoms with Crippen LogP contribution in [0, 0.1) is 15.3 Å². The van der Waals surface area contributed by atoms with Gasteiger partial charge in [-0.05, 0) is 59.5 Å². The van der Waals surface area contributed by atoms with Crippen LogP contribution in [0.5, 0.6) is 5.75 Å². The Hall–Kier alpha value is -0.320. The Morgan fingerprint density at radius 3 is 2.79 bits per heavy atom. The maximum absolute atomic E-state index is 13.3. The molecule has 3 heteroatoms. The van der Waals surface area contributed by atoms with Gasteiger partial charge in [0.2, 0.25) is 0 Å². The molecule has 0 amide bonds. The van der Waals surface area contributed by atoms with Gasteiger partial charge in [-0.15, -0.1) is 0 Å². The van der Waals surface area contributed by atoms with Gasteiger partial charge in [0.15, 0.2) is 11.6 Å². The highest BCUT2D eigenvalue weighted by molar-refractivity contribution is 14.1. The Morgan fingerprint density at radius 2 is 2.21 bits per heavy atom. The average Bonchev–Trinajstić information content (AvgIpc) is 2.05. The van der Waals surface area contributed by atoms with Gasteiger partial charge in [-0.25, -0.2) is 4.39 Å². The van der Waals surface area contributed by atoms with Gasteiger partial charge in [0.05, 0.1) is 6.61 Å². The number of hydrogen-bond acceptors (Lipinski definition) is 1. The fourth-order valence-electron chi connectivity index (χ4n) is 1.46. The molecule has 0 aliphatic heterocycles. The van der Waals surface area contributed by atoms with E-state index >= 15 is 0 Å². The predicted octanol–water partition coefficient (Wildman–Crippen LogP) is 3.61. The van der Waals surface area contributed by atoms with E-state index in [1.165, 1.54) is 25.3 Å². The highest BCUT2D eigenvalue weighted by Gasteiger charge is 2.18. The molecule has 0 saturated heterocycles. The van der Waals surface area contributed by atoms with Crippen LogP contribution in [0.3, 0.4) is 0 Å². The summed E-state index contributed by atoms with van der Waals surface area (Å²) in [6, 6.07) is 5.06. The molecule has 76 valence electrons. The predicted molar refractivity (Wildman–Crippen MR) is 62.0 cm³/mol. The van der Waals surface area contributed by atoms with Crippen molar-refractivity contribution in [3.63, 3.8) is 0 Å². The summed E-state index contributed by atoms with van der Waals surface area (Å²) in [4.78, 5) is 0. The lowest BCUT2D eigenvalue weighted by atomic mass is 9.86. The van der Waals surface area contributed by atoms with Crippen LogP contribution in [0.2, 0.25) is 0 Å². The first-order chi connectivity index (χ1) is 6.75. The topological polar surface area (TPSA) is 9.23 Å². The number of benzene rings is 1. The van der Waals surface area contributed by atoms with E-state index in [1.807, 2.05) is 6.07 Å². The third-order valence-electron chi connectivity index (χ3n) is 2.59. The smallest absolute Gasteiger partial charge is 0.166 e. The first-order valence-corrected chi connectivity index (χ1v) is 5.91. The summed E-state index contributed by atoms with van der Waals surface area (Å²) in [5, 5.41) is 0. The molecule has 0 radical (unpaired) electrons. The second-order valence-electron chi connectivity index (χ2n) is 3.68. The van der Waals surface area contributed by atoms with Gasteiger partial charge in [-0.3, -0.25) is 0 Å². The Labute approximate surface area is 96.8 Å². The van der Waals surface area contributed by atoms with Crippen LogP contribution in [-0.2, 0) is 0 Å². The standard InChI is InChI=1S/C11H12FIO/c12-10-6-9(13)4-5-11(10)14-7-8-2-1-3-8/h4-6,8H,1-3,7H2. The van der Waals surface area contributed by atoms with Gasteiger partial charge in [0.1, 0.15) is 0 Å². The molecule has 1 aliphatic rings. The molecule has 14 heavy (non-hydrogen) atoms. The highest BCUT2D eigenvalue weighted by atomic mass is 127. The van der Waals surface area contributed by atoms with Gasteiger partial charge in [-0.1, -0.05) is 6.42 Å². The van der Waals surface area contributed by atoms with Crippen LogP contribution in [0.25, 0.3) is 0 Å². The van der Waals surface area contributed by atoms with Crippen molar-refractivity contribution < 1.29 is 9.13 Å². The van der Waals surface area contributed by atoms with Crippen LogP contribution in [-0.4, -0.2) is 6.61 Å². The van der Waals surface area contributed by atoms with Crippen molar-refractivity contribution in [3.05, 3.63) is 27.6 Å². The molecule has 1 saturated carbocycles. The SMILES string of the molecule is Fc1cc(I)ccc1OCC1CCC1. The first kappa shape index (κ1) is 10.2. The Kier molecular flexibility index (Phi) is 3.26. The molecule has 1 fully saturated rings. The zero-order valence-corrected chi connectivity index (χ0v) is 9.96. The molecule has 1 nitrogen and oxygen atoms in total. The minimum Gasteiger partial charge on any atom is -0.490 e. The van der Waals surface area contributed by atoms with E-state index in [-0.39, 0.29) is 5.82 Å². The molecule has 0 bridgehead atoms. The van der Waals surface area contributed by atoms with Gasteiger partial charge in [0, 0.05) is 3.57 Å². The molecule has 0 unspecified atom stereocenters. The van der Waals surface area contributed by atoms with Gasteiger partial charge in [0.25, 0.3) is 0 Å². The van der Waals surface area contributed by atoms with Crippen LogP contribution < -0.4 is 4.74 Å². The lowest BCUT2D eigenvalue weighted by molar-refractivity contribution is 0.175. The fraction of sp³-hybridized carbons (Fsp3) is 0.455. The number of rotatable bonds is 3. The third-order valence-corrected chi connectivity index (χ3v) is 3.26. The Balaban J connectivity index is 1.94. The lowest BCUT2D eigenvalue weighted by Crippen LogP contribution is -2.19. The molecule has 2 rings (SSSR count). The van der Waals surface area contributed by atoms with Crippen molar-refractivity contribution in [2.45, 2.75) is 19.3 Å². The van der Waals surface area contributed by atoms with E-state index in [9.17, 15) is 4.39 Å². The molecule has 0 N–H and O–H groups in total. The van der Waals surface area contributed by atoms with Gasteiger partial charge >= 0.3 is 0 Å². The van der Waals surface area contributed by atoms with E-state index in [0.717, 1.165) is 3.57 Å². The maximum atomic E-state index is 13.3. The fourth-order valence-corrected chi connectivity index (χ4v) is 1.91. The minimum atomic E-state index is -0.253. The van der Waals surface area contributed by atoms with Crippen molar-refractivity contribution in [3.8, 4) is 5.75 Å². The molecular weight excluding hydrogens is 294 g/mol. The summed E-state index contributed by atoms with van der Waals surface area (Å²) >= 11 is 2.09. The second kappa shape index (κ2) is 4.47. The molecule has 0 atom stereocenters. The largest absolute Gasteiger partial charge is 0.490 e. The maximum Gasteiger partial charge on any atom is 0.166 e. The van der Waals surface area contributed by atoms with E-state index < -0.39 is 0 Å². The number of ether oxygens (including phenoxy) is 1. The summed E-state index contributed by atoms with van der Waals surface area (Å²) < 4.78 is 19.6. The lowest BCUT2D eigenvalue weighted by Gasteiger charge is -2.25. The summed E-state index contributed by atoms with van der Waals surface area (Å²) in [5.74, 6) is 0.780. The zero-order valence-electron chi connectivity index (χ0n) is 7.80. The van der Waals surface area contributed by atoms with Crippen molar-refractivity contribution in [1.82, 2.24) is 0 Å². The normalized spacial score (nSPS) is 16.4. The van der Waals surface area contributed by atoms with Crippen LogP contribution >= 0.6 is 22.6 Å². The molecule has 1 aromatic rings. The van der Waals surface area contributed by atoms with Crippen LogP contribution in [0.4, 0.5) is 4.39 Å². The first-order valence-electron chi connectivity index (χ1n) is 4.83. The van der Waals surface area contributed by atoms with Gasteiger partial charge < -0.3 is 4.74 Å². The molecule has 0 spiro atoms. The summed E-state index contributed by atoms with van der Waals surface area (Å²) in [6.07, 6.45) is 3.75. The van der Waals surface area contributed by atoms with E-state index in [4.69, 9.17) is 4.74 Å². The Morgan fingerprint density at radius 1 is 1.43 bits per heavy atom. The second-order valence-corrected chi connectivity index (χ2v) is 4.93. The van der Waals surface area contributed by atoms with Crippen molar-refractivity contribution in [2.24, 2.45) is 5.92 Å². The van der Waals surface area contributed by atoms with Crippen molar-refractivity contribution >= 4 is 22.6 Å². The van der Waals surface area contributed by atoms with Crippen molar-refractivity contribution in [2.75, 3.05) is 6.61 Å². The highest BCUT2D eigenvalue weighted by Crippen LogP contribution is 2.28. The minimum absolute atomic E-state index is 0.253. The van der Waals surface area contributed by atoms with Gasteiger partial charge in [-0.2, -0.15) is 0 Å². The van der Waals surface area contributed by atoms with Crippen LogP contribution in [0.15, 0.2) is 18.2 Å². The van der Waals surface area contributed by atoms with Crippen LogP contribution in [0.1, 0.15) is 19.3 Å². The average molecular weight is 306 g/mol. The Bertz CT molecular complexity index is 323. The molecular formula is C11H12FIO. The summed E-state index contributed by atoms with van der Waals surface area (Å²) in [5.41, 5.74) is 0. The monoisotopic (exact) mass is 306 g/mol. The molecule has 0 heterocycles. The number of halogens is 2. The van der Waals surface area contributed by atoms with E-state index in [1.54, 1.807) is 6.07 Å². The summed E-state index contributed by atoms with van der Waals surface area (Å²) in [6.45, 7) is 0.664. The molecule has 1 aliphatic carbocycles.